The fourth-order valence-electron chi connectivity index (χ4n) is 1.40. The van der Waals surface area contributed by atoms with Gasteiger partial charge >= 0.3 is 0 Å². The van der Waals surface area contributed by atoms with Gasteiger partial charge in [0.05, 0.1) is 5.56 Å². The monoisotopic (exact) mass is 264 g/mol. The van der Waals surface area contributed by atoms with Crippen LogP contribution in [0.4, 0.5) is 5.82 Å². The number of nitrogens with zero attached hydrogens (tertiary/aromatic N) is 1. The molecule has 0 aliphatic heterocycles. The zero-order chi connectivity index (χ0) is 14.1. The number of carbonyl (C=O) groups is 2. The first-order chi connectivity index (χ1) is 9.17. The molecule has 6 heteroatoms. The van der Waals surface area contributed by atoms with Crippen LogP contribution in [0.2, 0.25) is 0 Å². The van der Waals surface area contributed by atoms with E-state index in [4.69, 9.17) is 0 Å². The summed E-state index contributed by atoms with van der Waals surface area (Å²) in [5.41, 5.74) is 0.485. The molecular formula is C13H20N4O2. The third-order valence-electron chi connectivity index (χ3n) is 2.50. The molecule has 104 valence electrons. The number of aromatic nitrogens is 1. The second-order valence-electron chi connectivity index (χ2n) is 4.04. The van der Waals surface area contributed by atoms with Crippen molar-refractivity contribution in [1.29, 1.82) is 0 Å². The summed E-state index contributed by atoms with van der Waals surface area (Å²) in [7, 11) is 1.57. The van der Waals surface area contributed by atoms with Gasteiger partial charge in [-0.1, -0.05) is 6.92 Å². The lowest BCUT2D eigenvalue weighted by Crippen LogP contribution is -2.29. The van der Waals surface area contributed by atoms with Crippen molar-refractivity contribution in [1.82, 2.24) is 15.6 Å². The summed E-state index contributed by atoms with van der Waals surface area (Å²) in [5, 5.41) is 8.29. The van der Waals surface area contributed by atoms with Crippen LogP contribution in [0.1, 0.15) is 30.1 Å². The molecular weight excluding hydrogens is 244 g/mol. The summed E-state index contributed by atoms with van der Waals surface area (Å²) in [6.45, 7) is 3.24. The fourth-order valence-corrected chi connectivity index (χ4v) is 1.40. The molecule has 3 N–H and O–H groups in total. The minimum Gasteiger partial charge on any atom is -0.370 e. The maximum Gasteiger partial charge on any atom is 0.252 e. The first kappa shape index (κ1) is 14.9. The molecule has 0 saturated heterocycles. The van der Waals surface area contributed by atoms with E-state index in [1.807, 2.05) is 0 Å². The Morgan fingerprint density at radius 3 is 2.63 bits per heavy atom. The van der Waals surface area contributed by atoms with E-state index < -0.39 is 0 Å². The number of pyridine rings is 1. The molecule has 0 aromatic carbocycles. The zero-order valence-corrected chi connectivity index (χ0v) is 11.3. The van der Waals surface area contributed by atoms with E-state index in [9.17, 15) is 9.59 Å². The molecule has 0 atom stereocenters. The molecule has 0 aliphatic carbocycles. The fraction of sp³-hybridized carbons (Fsp3) is 0.462. The van der Waals surface area contributed by atoms with Crippen molar-refractivity contribution in [2.24, 2.45) is 0 Å². The highest BCUT2D eigenvalue weighted by molar-refractivity contribution is 5.94. The molecule has 0 fully saturated rings. The number of hydrogen-bond acceptors (Lipinski definition) is 4. The predicted molar refractivity (Wildman–Crippen MR) is 74.0 cm³/mol. The standard InChI is InChI=1S/C13H20N4O2/c1-3-7-15-11-5-4-10(9-17-11)13(19)16-8-6-12(18)14-2/h4-5,9H,3,6-8H2,1-2H3,(H,14,18)(H,15,17)(H,16,19). The normalized spacial score (nSPS) is 9.79. The first-order valence-electron chi connectivity index (χ1n) is 6.36. The number of hydrogen-bond donors (Lipinski definition) is 3. The highest BCUT2D eigenvalue weighted by Crippen LogP contribution is 2.04. The van der Waals surface area contributed by atoms with Gasteiger partial charge in [0, 0.05) is 32.8 Å². The molecule has 0 radical (unpaired) electrons. The van der Waals surface area contributed by atoms with Gasteiger partial charge in [0.25, 0.3) is 5.91 Å². The van der Waals surface area contributed by atoms with Crippen LogP contribution >= 0.6 is 0 Å². The highest BCUT2D eigenvalue weighted by Gasteiger charge is 2.06. The summed E-state index contributed by atoms with van der Waals surface area (Å²) in [6.07, 6.45) is 2.81. The molecule has 0 spiro atoms. The lowest BCUT2D eigenvalue weighted by molar-refractivity contribution is -0.120. The lowest BCUT2D eigenvalue weighted by Gasteiger charge is -2.06. The Bertz CT molecular complexity index is 417. The van der Waals surface area contributed by atoms with Crippen LogP contribution in [0.25, 0.3) is 0 Å². The molecule has 1 heterocycles. The number of anilines is 1. The van der Waals surface area contributed by atoms with Crippen LogP contribution in [-0.4, -0.2) is 36.9 Å². The molecule has 1 aromatic heterocycles. The number of carbonyl (C=O) groups excluding carboxylic acids is 2. The third kappa shape index (κ3) is 5.37. The largest absolute Gasteiger partial charge is 0.370 e. The van der Waals surface area contributed by atoms with E-state index in [0.29, 0.717) is 12.1 Å². The van der Waals surface area contributed by atoms with Crippen LogP contribution < -0.4 is 16.0 Å². The average molecular weight is 264 g/mol. The molecule has 19 heavy (non-hydrogen) atoms. The van der Waals surface area contributed by atoms with Crippen molar-refractivity contribution in [3.8, 4) is 0 Å². The Kier molecular flexibility index (Phi) is 6.35. The van der Waals surface area contributed by atoms with Gasteiger partial charge in [-0.05, 0) is 18.6 Å². The summed E-state index contributed by atoms with van der Waals surface area (Å²) < 4.78 is 0. The second kappa shape index (κ2) is 8.07. The SMILES string of the molecule is CCCNc1ccc(C(=O)NCCC(=O)NC)cn1. The molecule has 1 rings (SSSR count). The minimum absolute atomic E-state index is 0.0995. The smallest absolute Gasteiger partial charge is 0.252 e. The van der Waals surface area contributed by atoms with Gasteiger partial charge in [0.2, 0.25) is 5.91 Å². The Balaban J connectivity index is 2.42. The number of rotatable bonds is 7. The van der Waals surface area contributed by atoms with Gasteiger partial charge in [-0.25, -0.2) is 4.98 Å². The van der Waals surface area contributed by atoms with E-state index >= 15 is 0 Å². The quantitative estimate of drug-likeness (QED) is 0.679. The van der Waals surface area contributed by atoms with Crippen molar-refractivity contribution in [2.45, 2.75) is 19.8 Å². The van der Waals surface area contributed by atoms with Gasteiger partial charge in [-0.15, -0.1) is 0 Å². The second-order valence-corrected chi connectivity index (χ2v) is 4.04. The van der Waals surface area contributed by atoms with Crippen molar-refractivity contribution >= 4 is 17.6 Å². The lowest BCUT2D eigenvalue weighted by atomic mass is 10.2. The average Bonchev–Trinajstić information content (AvgIpc) is 2.45. The van der Waals surface area contributed by atoms with Gasteiger partial charge < -0.3 is 16.0 Å². The van der Waals surface area contributed by atoms with Crippen LogP contribution in [0, 0.1) is 0 Å². The first-order valence-corrected chi connectivity index (χ1v) is 6.36. The van der Waals surface area contributed by atoms with E-state index in [1.54, 1.807) is 19.2 Å². The van der Waals surface area contributed by atoms with Gasteiger partial charge in [-0.2, -0.15) is 0 Å². The molecule has 0 saturated carbocycles. The molecule has 0 bridgehead atoms. The van der Waals surface area contributed by atoms with Crippen molar-refractivity contribution in [3.05, 3.63) is 23.9 Å². The number of nitrogens with one attached hydrogen (secondary N) is 3. The zero-order valence-electron chi connectivity index (χ0n) is 11.3. The Labute approximate surface area is 113 Å². The molecule has 2 amide bonds. The van der Waals surface area contributed by atoms with Crippen LogP contribution in [0.5, 0.6) is 0 Å². The molecule has 0 unspecified atom stereocenters. The highest BCUT2D eigenvalue weighted by atomic mass is 16.2. The topological polar surface area (TPSA) is 83.1 Å². The summed E-state index contributed by atoms with van der Waals surface area (Å²) in [6, 6.07) is 3.48. The van der Waals surface area contributed by atoms with E-state index in [0.717, 1.165) is 18.8 Å². The minimum atomic E-state index is -0.224. The molecule has 6 nitrogen and oxygen atoms in total. The third-order valence-corrected chi connectivity index (χ3v) is 2.50. The van der Waals surface area contributed by atoms with E-state index in [-0.39, 0.29) is 18.2 Å². The van der Waals surface area contributed by atoms with Gasteiger partial charge in [0.15, 0.2) is 0 Å². The molecule has 0 aliphatic rings. The Morgan fingerprint density at radius 2 is 2.05 bits per heavy atom. The van der Waals surface area contributed by atoms with Crippen LogP contribution in [0.3, 0.4) is 0 Å². The molecule has 1 aromatic rings. The summed E-state index contributed by atoms with van der Waals surface area (Å²) in [5.74, 6) is 0.430. The Morgan fingerprint density at radius 1 is 1.26 bits per heavy atom. The predicted octanol–water partition coefficient (Wildman–Crippen LogP) is 0.769. The van der Waals surface area contributed by atoms with Crippen LogP contribution in [0.15, 0.2) is 18.3 Å². The van der Waals surface area contributed by atoms with E-state index in [2.05, 4.69) is 27.9 Å². The van der Waals surface area contributed by atoms with Crippen molar-refractivity contribution in [2.75, 3.05) is 25.5 Å². The maximum atomic E-state index is 11.7. The summed E-state index contributed by atoms with van der Waals surface area (Å²) in [4.78, 5) is 26.9. The van der Waals surface area contributed by atoms with Crippen molar-refractivity contribution < 1.29 is 9.59 Å². The number of amides is 2. The van der Waals surface area contributed by atoms with E-state index in [1.165, 1.54) is 6.20 Å². The maximum absolute atomic E-state index is 11.7. The van der Waals surface area contributed by atoms with Gasteiger partial charge in [-0.3, -0.25) is 9.59 Å². The Hall–Kier alpha value is -2.11. The van der Waals surface area contributed by atoms with Gasteiger partial charge in [0.1, 0.15) is 5.82 Å². The summed E-state index contributed by atoms with van der Waals surface area (Å²) >= 11 is 0. The van der Waals surface area contributed by atoms with Crippen molar-refractivity contribution in [3.63, 3.8) is 0 Å². The van der Waals surface area contributed by atoms with Crippen LogP contribution in [-0.2, 0) is 4.79 Å².